The predicted molar refractivity (Wildman–Crippen MR) is 106 cm³/mol. The zero-order valence-electron chi connectivity index (χ0n) is 17.4. The molecule has 0 aliphatic heterocycles. The van der Waals surface area contributed by atoms with Gasteiger partial charge in [-0.25, -0.2) is 4.79 Å². The molecule has 0 saturated heterocycles. The zero-order valence-corrected chi connectivity index (χ0v) is 17.4. The number of aromatic nitrogens is 1. The summed E-state index contributed by atoms with van der Waals surface area (Å²) in [6, 6.07) is 4.13. The average molecular weight is 366 g/mol. The van der Waals surface area contributed by atoms with Crippen molar-refractivity contribution in [3.63, 3.8) is 0 Å². The van der Waals surface area contributed by atoms with Crippen LogP contribution in [0, 0.1) is 0 Å². The number of rotatable bonds is 7. The molecule has 1 heterocycles. The molecule has 148 valence electrons. The lowest BCUT2D eigenvalue weighted by molar-refractivity contribution is 0.0266. The molecule has 0 spiro atoms. The minimum Gasteiger partial charge on any atom is -0.444 e. The van der Waals surface area contributed by atoms with Crippen LogP contribution in [0.25, 0.3) is 0 Å². The monoisotopic (exact) mass is 365 g/mol. The van der Waals surface area contributed by atoms with E-state index in [2.05, 4.69) is 25.8 Å². The fourth-order valence-corrected chi connectivity index (χ4v) is 2.43. The molecule has 0 fully saturated rings. The van der Waals surface area contributed by atoms with E-state index in [1.54, 1.807) is 4.90 Å². The van der Waals surface area contributed by atoms with Crippen molar-refractivity contribution in [3.8, 4) is 0 Å². The van der Waals surface area contributed by atoms with E-state index >= 15 is 0 Å². The van der Waals surface area contributed by atoms with Crippen molar-refractivity contribution in [1.29, 1.82) is 0 Å². The van der Waals surface area contributed by atoms with Gasteiger partial charge in [0.1, 0.15) is 5.60 Å². The van der Waals surface area contributed by atoms with Gasteiger partial charge in [-0.2, -0.15) is 0 Å². The number of amides is 1. The van der Waals surface area contributed by atoms with Gasteiger partial charge in [0, 0.05) is 45.6 Å². The molecule has 0 unspecified atom stereocenters. The summed E-state index contributed by atoms with van der Waals surface area (Å²) in [4.78, 5) is 20.6. The third-order valence-electron chi connectivity index (χ3n) is 3.81. The van der Waals surface area contributed by atoms with Crippen molar-refractivity contribution in [3.05, 3.63) is 24.0 Å². The van der Waals surface area contributed by atoms with E-state index in [1.165, 1.54) is 5.69 Å². The van der Waals surface area contributed by atoms with Gasteiger partial charge in [0.25, 0.3) is 0 Å². The summed E-state index contributed by atoms with van der Waals surface area (Å²) in [5.74, 6) is 0.828. The minimum absolute atomic E-state index is 0.294. The molecular formula is C19H35N5O2. The second-order valence-electron chi connectivity index (χ2n) is 7.26. The molecule has 0 bridgehead atoms. The van der Waals surface area contributed by atoms with E-state index in [9.17, 15) is 4.79 Å². The molecule has 1 N–H and O–H groups in total. The van der Waals surface area contributed by atoms with Gasteiger partial charge in [-0.1, -0.05) is 0 Å². The number of hydrogen-bond donors (Lipinski definition) is 1. The smallest absolute Gasteiger partial charge is 0.410 e. The number of carbonyl (C=O) groups is 1. The fourth-order valence-electron chi connectivity index (χ4n) is 2.43. The molecule has 1 aromatic heterocycles. The summed E-state index contributed by atoms with van der Waals surface area (Å²) in [7, 11) is 4.05. The molecule has 26 heavy (non-hydrogen) atoms. The molecule has 1 aromatic rings. The molecule has 0 saturated carbocycles. The van der Waals surface area contributed by atoms with Crippen molar-refractivity contribution in [2.24, 2.45) is 12.0 Å². The van der Waals surface area contributed by atoms with E-state index < -0.39 is 5.60 Å². The summed E-state index contributed by atoms with van der Waals surface area (Å²) >= 11 is 0. The summed E-state index contributed by atoms with van der Waals surface area (Å²) < 4.78 is 7.53. The maximum Gasteiger partial charge on any atom is 0.410 e. The van der Waals surface area contributed by atoms with Gasteiger partial charge in [-0.05, 0) is 46.8 Å². The van der Waals surface area contributed by atoms with Crippen LogP contribution in [0.5, 0.6) is 0 Å². The molecule has 1 rings (SSSR count). The normalized spacial score (nSPS) is 12.0. The highest BCUT2D eigenvalue weighted by molar-refractivity contribution is 5.79. The first kappa shape index (κ1) is 21.9. The van der Waals surface area contributed by atoms with Crippen molar-refractivity contribution < 1.29 is 9.53 Å². The molecule has 0 aliphatic carbocycles. The third kappa shape index (κ3) is 7.37. The van der Waals surface area contributed by atoms with E-state index in [-0.39, 0.29) is 6.09 Å². The molecular weight excluding hydrogens is 330 g/mol. The van der Waals surface area contributed by atoms with Crippen molar-refractivity contribution in [2.75, 3.05) is 33.2 Å². The van der Waals surface area contributed by atoms with Gasteiger partial charge in [0.2, 0.25) is 0 Å². The van der Waals surface area contributed by atoms with Crippen LogP contribution < -0.4 is 5.32 Å². The first-order valence-corrected chi connectivity index (χ1v) is 9.25. The zero-order chi connectivity index (χ0) is 19.7. The quantitative estimate of drug-likeness (QED) is 0.596. The summed E-state index contributed by atoms with van der Waals surface area (Å²) in [6.45, 7) is 12.8. The highest BCUT2D eigenvalue weighted by Gasteiger charge is 2.20. The summed E-state index contributed by atoms with van der Waals surface area (Å²) in [5.41, 5.74) is 0.722. The second-order valence-corrected chi connectivity index (χ2v) is 7.26. The van der Waals surface area contributed by atoms with Crippen LogP contribution >= 0.6 is 0 Å². The van der Waals surface area contributed by atoms with Gasteiger partial charge < -0.3 is 24.4 Å². The van der Waals surface area contributed by atoms with E-state index in [4.69, 9.17) is 4.74 Å². The van der Waals surface area contributed by atoms with Gasteiger partial charge in [0.15, 0.2) is 5.96 Å². The number of aliphatic imine (C=N–C) groups is 1. The summed E-state index contributed by atoms with van der Waals surface area (Å²) in [6.07, 6.45) is 1.74. The van der Waals surface area contributed by atoms with Crippen LogP contribution in [-0.4, -0.2) is 65.2 Å². The molecule has 1 amide bonds. The third-order valence-corrected chi connectivity index (χ3v) is 3.81. The van der Waals surface area contributed by atoms with Gasteiger partial charge in [0.05, 0.1) is 13.1 Å². The largest absolute Gasteiger partial charge is 0.444 e. The van der Waals surface area contributed by atoms with Crippen LogP contribution in [0.15, 0.2) is 23.3 Å². The van der Waals surface area contributed by atoms with E-state index in [0.717, 1.165) is 19.0 Å². The number of ether oxygens (including phenoxy) is 1. The van der Waals surface area contributed by atoms with E-state index in [0.29, 0.717) is 19.6 Å². The first-order chi connectivity index (χ1) is 12.2. The highest BCUT2D eigenvalue weighted by atomic mass is 16.6. The van der Waals surface area contributed by atoms with Gasteiger partial charge in [-0.3, -0.25) is 4.99 Å². The molecule has 0 aromatic carbocycles. The molecule has 0 radical (unpaired) electrons. The number of guanidine groups is 1. The van der Waals surface area contributed by atoms with E-state index in [1.807, 2.05) is 61.0 Å². The second kappa shape index (κ2) is 10.1. The van der Waals surface area contributed by atoms with Crippen molar-refractivity contribution in [1.82, 2.24) is 19.7 Å². The molecule has 0 atom stereocenters. The summed E-state index contributed by atoms with van der Waals surface area (Å²) in [5, 5.41) is 3.31. The van der Waals surface area contributed by atoms with Gasteiger partial charge >= 0.3 is 6.09 Å². The fraction of sp³-hybridized carbons (Fsp3) is 0.684. The Kier molecular flexibility index (Phi) is 8.48. The molecule has 0 aliphatic rings. The molecule has 7 heteroatoms. The lowest BCUT2D eigenvalue weighted by Gasteiger charge is -2.26. The Morgan fingerprint density at radius 1 is 1.35 bits per heavy atom. The Hall–Kier alpha value is -2.18. The highest BCUT2D eigenvalue weighted by Crippen LogP contribution is 2.10. The average Bonchev–Trinajstić information content (AvgIpc) is 2.93. The SMILES string of the molecule is CCNC(=NCCN(CC)C(=O)OC(C)(C)C)N(C)Cc1cccn1C. The lowest BCUT2D eigenvalue weighted by Crippen LogP contribution is -2.40. The Balaban J connectivity index is 2.67. The Bertz CT molecular complexity index is 589. The standard InChI is InChI=1S/C19H35N5O2/c1-8-20-17(23(7)15-16-11-10-13-22(16)6)21-12-14-24(9-2)18(25)26-19(3,4)5/h10-11,13H,8-9,12,14-15H2,1-7H3,(H,20,21). The number of aryl methyl sites for hydroxylation is 1. The number of carbonyl (C=O) groups excluding carboxylic acids is 1. The maximum atomic E-state index is 12.2. The molecule has 7 nitrogen and oxygen atoms in total. The number of hydrogen-bond acceptors (Lipinski definition) is 3. The van der Waals surface area contributed by atoms with Crippen molar-refractivity contribution in [2.45, 2.75) is 46.8 Å². The van der Waals surface area contributed by atoms with Gasteiger partial charge in [-0.15, -0.1) is 0 Å². The van der Waals surface area contributed by atoms with Crippen LogP contribution in [0.3, 0.4) is 0 Å². The topological polar surface area (TPSA) is 62.1 Å². The minimum atomic E-state index is -0.488. The van der Waals surface area contributed by atoms with Crippen LogP contribution in [0.2, 0.25) is 0 Å². The number of nitrogens with one attached hydrogen (secondary N) is 1. The Morgan fingerprint density at radius 3 is 2.54 bits per heavy atom. The Morgan fingerprint density at radius 2 is 2.04 bits per heavy atom. The van der Waals surface area contributed by atoms with Crippen LogP contribution in [0.4, 0.5) is 4.79 Å². The Labute approximate surface area is 158 Å². The van der Waals surface area contributed by atoms with Crippen LogP contribution in [-0.2, 0) is 18.3 Å². The number of nitrogens with zero attached hydrogens (tertiary/aromatic N) is 4. The lowest BCUT2D eigenvalue weighted by atomic mass is 10.2. The maximum absolute atomic E-state index is 12.2. The van der Waals surface area contributed by atoms with Crippen LogP contribution in [0.1, 0.15) is 40.3 Å². The first-order valence-electron chi connectivity index (χ1n) is 9.25. The van der Waals surface area contributed by atoms with Crippen molar-refractivity contribution >= 4 is 12.1 Å². The predicted octanol–water partition coefficient (Wildman–Crippen LogP) is 2.68. The number of likely N-dealkylation sites (N-methyl/N-ethyl adjacent to an activating group) is 1.